The average Bonchev–Trinajstić information content (AvgIpc) is 3.98. The van der Waals surface area contributed by atoms with E-state index in [9.17, 15) is 20.1 Å². The van der Waals surface area contributed by atoms with Gasteiger partial charge in [-0.05, 0) is 42.5 Å². The van der Waals surface area contributed by atoms with Gasteiger partial charge in [-0.1, -0.05) is 66.7 Å². The quantitative estimate of drug-likeness (QED) is 0.0797. The van der Waals surface area contributed by atoms with Crippen LogP contribution in [0, 0.1) is 0 Å². The zero-order valence-corrected chi connectivity index (χ0v) is 31.5. The van der Waals surface area contributed by atoms with Gasteiger partial charge in [0.25, 0.3) is 0 Å². The Morgan fingerprint density at radius 3 is 2.25 bits per heavy atom. The van der Waals surface area contributed by atoms with E-state index in [1.165, 1.54) is 0 Å². The third-order valence-electron chi connectivity index (χ3n) is 11.0. The lowest BCUT2D eigenvalue weighted by Crippen LogP contribution is -2.48. The summed E-state index contributed by atoms with van der Waals surface area (Å²) in [5, 5.41) is 49.3. The molecule has 57 heavy (non-hydrogen) atoms. The molecule has 6 aromatic rings. The van der Waals surface area contributed by atoms with Crippen molar-refractivity contribution in [2.45, 2.75) is 62.1 Å². The number of pyridine rings is 1. The van der Waals surface area contributed by atoms with Gasteiger partial charge in [-0.2, -0.15) is 15.1 Å². The van der Waals surface area contributed by atoms with E-state index < -0.39 is 24.3 Å². The lowest BCUT2D eigenvalue weighted by Gasteiger charge is -2.33. The Balaban J connectivity index is 0.980. The van der Waals surface area contributed by atoms with Crippen molar-refractivity contribution < 1.29 is 20.1 Å². The zero-order chi connectivity index (χ0) is 39.1. The molecule has 296 valence electrons. The fraction of sp³-hybridized carbons (Fsp3) is 0.366. The van der Waals surface area contributed by atoms with Crippen LogP contribution in [0.4, 0.5) is 22.4 Å². The number of aliphatic hydroxyl groups excluding tert-OH is 3. The molecule has 1 aliphatic heterocycles. The standard InChI is InChI=1S/C41H48N12O4/c54-25-27-22-47-53(24-27)33-21-32(36(55)37(33)56)52-26-46-35-38(45-23-31(28-9-3-1-4-10-28)29-11-5-2-6-12-29)49-40(50-39(35)52)43-17-18-44-41(57)48-30-14-19-51(20-15-30)34-13-7-8-16-42-34/h1-13,16,22,24,26,30-33,36-37,54-56H,14-15,17-21,23,25H2,(H2,44,48,57)(H2,43,45,49,50)/t32-,33+,36+,37-/m1/s1. The number of hydrogen-bond donors (Lipinski definition) is 7. The number of fused-ring (bicyclic) bond motifs is 1. The number of carbonyl (C=O) groups excluding carboxylic acids is 1. The van der Waals surface area contributed by atoms with Crippen molar-refractivity contribution in [1.82, 2.24) is 44.9 Å². The van der Waals surface area contributed by atoms with Crippen LogP contribution in [0.15, 0.2) is 104 Å². The third-order valence-corrected chi connectivity index (χ3v) is 11.0. The molecule has 0 unspecified atom stereocenters. The van der Waals surface area contributed by atoms with Crippen LogP contribution >= 0.6 is 0 Å². The third kappa shape index (κ3) is 8.52. The first kappa shape index (κ1) is 37.8. The van der Waals surface area contributed by atoms with Gasteiger partial charge in [0.1, 0.15) is 18.0 Å². The SMILES string of the molecule is O=C(NCCNc1nc(NCC(c2ccccc2)c2ccccc2)c2ncn([C@@H]3C[C@H](n4cc(CO)cn4)[C@@H](O)[C@H]3O)c2n1)NC1CCN(c2ccccn2)CC1. The zero-order valence-electron chi connectivity index (χ0n) is 31.5. The van der Waals surface area contributed by atoms with Crippen LogP contribution in [-0.2, 0) is 6.61 Å². The highest BCUT2D eigenvalue weighted by molar-refractivity contribution is 5.84. The van der Waals surface area contributed by atoms with Crippen LogP contribution in [0.1, 0.15) is 54.0 Å². The number of nitrogens with one attached hydrogen (secondary N) is 4. The summed E-state index contributed by atoms with van der Waals surface area (Å²) >= 11 is 0. The maximum Gasteiger partial charge on any atom is 0.315 e. The highest BCUT2D eigenvalue weighted by Gasteiger charge is 2.44. The molecular formula is C41H48N12O4. The monoisotopic (exact) mass is 772 g/mol. The molecular weight excluding hydrogens is 725 g/mol. The predicted octanol–water partition coefficient (Wildman–Crippen LogP) is 3.44. The lowest BCUT2D eigenvalue weighted by molar-refractivity contribution is 0.00720. The first-order chi connectivity index (χ1) is 27.9. The second-order valence-electron chi connectivity index (χ2n) is 14.6. The summed E-state index contributed by atoms with van der Waals surface area (Å²) < 4.78 is 3.38. The summed E-state index contributed by atoms with van der Waals surface area (Å²) in [6, 6.07) is 25.2. The molecule has 0 radical (unpaired) electrons. The first-order valence-electron chi connectivity index (χ1n) is 19.5. The number of piperidine rings is 1. The molecule has 5 heterocycles. The minimum Gasteiger partial charge on any atom is -0.392 e. The Bertz CT molecular complexity index is 2170. The lowest BCUT2D eigenvalue weighted by atomic mass is 9.91. The summed E-state index contributed by atoms with van der Waals surface area (Å²) in [6.45, 7) is 2.64. The Labute approximate surface area is 330 Å². The normalized spacial score (nSPS) is 19.9. The van der Waals surface area contributed by atoms with Crippen LogP contribution in [-0.4, -0.2) is 107 Å². The Kier molecular flexibility index (Phi) is 11.5. The van der Waals surface area contributed by atoms with E-state index in [0.29, 0.717) is 54.5 Å². The molecule has 1 aliphatic carbocycles. The number of anilines is 3. The number of nitrogens with zero attached hydrogens (tertiary/aromatic N) is 8. The van der Waals surface area contributed by atoms with E-state index in [-0.39, 0.29) is 24.6 Å². The maximum atomic E-state index is 12.9. The average molecular weight is 773 g/mol. The highest BCUT2D eigenvalue weighted by Crippen LogP contribution is 2.40. The molecule has 8 rings (SSSR count). The molecule has 2 aromatic carbocycles. The number of aliphatic hydroxyl groups is 3. The molecule has 16 heteroatoms. The van der Waals surface area contributed by atoms with E-state index >= 15 is 0 Å². The van der Waals surface area contributed by atoms with Crippen molar-refractivity contribution in [2.75, 3.05) is 48.3 Å². The summed E-state index contributed by atoms with van der Waals surface area (Å²) in [7, 11) is 0. The summed E-state index contributed by atoms with van der Waals surface area (Å²) in [5.41, 5.74) is 3.89. The fourth-order valence-electron chi connectivity index (χ4n) is 7.90. The van der Waals surface area contributed by atoms with Crippen LogP contribution in [0.3, 0.4) is 0 Å². The smallest absolute Gasteiger partial charge is 0.315 e. The van der Waals surface area contributed by atoms with Gasteiger partial charge in [-0.3, -0.25) is 4.68 Å². The molecule has 16 nitrogen and oxygen atoms in total. The number of carbonyl (C=O) groups is 1. The maximum absolute atomic E-state index is 12.9. The van der Waals surface area contributed by atoms with Gasteiger partial charge in [-0.15, -0.1) is 0 Å². The van der Waals surface area contributed by atoms with Crippen LogP contribution < -0.4 is 26.2 Å². The van der Waals surface area contributed by atoms with Crippen molar-refractivity contribution in [3.8, 4) is 0 Å². The van der Waals surface area contributed by atoms with Crippen LogP contribution in [0.2, 0.25) is 0 Å². The van der Waals surface area contributed by atoms with E-state index in [4.69, 9.17) is 15.0 Å². The van der Waals surface area contributed by atoms with E-state index in [1.807, 2.05) is 54.6 Å². The second-order valence-corrected chi connectivity index (χ2v) is 14.6. The topological polar surface area (TPSA) is 203 Å². The van der Waals surface area contributed by atoms with Crippen LogP contribution in [0.25, 0.3) is 11.2 Å². The summed E-state index contributed by atoms with van der Waals surface area (Å²) in [6.07, 6.45) is 6.40. The second kappa shape index (κ2) is 17.4. The van der Waals surface area contributed by atoms with Gasteiger partial charge in [-0.25, -0.2) is 14.8 Å². The van der Waals surface area contributed by atoms with Crippen molar-refractivity contribution in [3.63, 3.8) is 0 Å². The number of hydrogen-bond acceptors (Lipinski definition) is 12. The fourth-order valence-corrected chi connectivity index (χ4v) is 7.90. The van der Waals surface area contributed by atoms with Gasteiger partial charge >= 0.3 is 6.03 Å². The molecule has 4 atom stereocenters. The molecule has 1 saturated heterocycles. The molecule has 2 fully saturated rings. The van der Waals surface area contributed by atoms with Crippen molar-refractivity contribution in [1.29, 1.82) is 0 Å². The molecule has 1 saturated carbocycles. The summed E-state index contributed by atoms with van der Waals surface area (Å²) in [4.78, 5) is 34.0. The molecule has 4 aromatic heterocycles. The van der Waals surface area contributed by atoms with E-state index in [2.05, 4.69) is 60.5 Å². The summed E-state index contributed by atoms with van der Waals surface area (Å²) in [5.74, 6) is 1.78. The molecule has 0 spiro atoms. The Morgan fingerprint density at radius 1 is 0.842 bits per heavy atom. The van der Waals surface area contributed by atoms with Gasteiger partial charge in [0.15, 0.2) is 17.0 Å². The minimum absolute atomic E-state index is 0.00584. The largest absolute Gasteiger partial charge is 0.392 e. The van der Waals surface area contributed by atoms with Crippen molar-refractivity contribution in [3.05, 3.63) is 120 Å². The number of urea groups is 1. The van der Waals surface area contributed by atoms with E-state index in [0.717, 1.165) is 42.9 Å². The number of amides is 2. The van der Waals surface area contributed by atoms with Gasteiger partial charge in [0, 0.05) is 62.6 Å². The number of imidazole rings is 1. The van der Waals surface area contributed by atoms with Gasteiger partial charge in [0.2, 0.25) is 5.95 Å². The van der Waals surface area contributed by atoms with Crippen LogP contribution in [0.5, 0.6) is 0 Å². The minimum atomic E-state index is -1.14. The Hall–Kier alpha value is -6.10. The number of aromatic nitrogens is 7. The molecule has 7 N–H and O–H groups in total. The molecule has 2 aliphatic rings. The van der Waals surface area contributed by atoms with Crippen molar-refractivity contribution in [2.24, 2.45) is 0 Å². The van der Waals surface area contributed by atoms with Gasteiger partial charge < -0.3 is 46.1 Å². The molecule has 2 amide bonds. The first-order valence-corrected chi connectivity index (χ1v) is 19.5. The predicted molar refractivity (Wildman–Crippen MR) is 216 cm³/mol. The highest BCUT2D eigenvalue weighted by atomic mass is 16.3. The van der Waals surface area contributed by atoms with Gasteiger partial charge in [0.05, 0.1) is 31.2 Å². The molecule has 0 bridgehead atoms. The van der Waals surface area contributed by atoms with Crippen molar-refractivity contribution >= 4 is 34.8 Å². The van der Waals surface area contributed by atoms with E-state index in [1.54, 1.807) is 34.2 Å². The number of rotatable bonds is 14. The Morgan fingerprint density at radius 2 is 1.56 bits per heavy atom. The number of benzene rings is 2.